The van der Waals surface area contributed by atoms with E-state index < -0.39 is 0 Å². The van der Waals surface area contributed by atoms with E-state index >= 15 is 0 Å². The highest BCUT2D eigenvalue weighted by molar-refractivity contribution is 5.79. The standard InChI is InChI=1S/C30H47N5O/c1-5-22(3)29-33-32-23(4)35(29)26(6-2)21-27-17-12-19-34(27)20-18-28(24-13-8-7-9-14-24)31-30(36)25-15-10-11-16-25/h7-9,13-14,22,25-28H,5-6,10-12,15-21H2,1-4H3,(H,31,36)/t22?,26?,27?,28-/m0/s1. The maximum atomic E-state index is 13.0. The molecule has 4 rings (SSSR count). The van der Waals surface area contributed by atoms with Gasteiger partial charge in [0.05, 0.1) is 6.04 Å². The maximum Gasteiger partial charge on any atom is 0.223 e. The molecule has 2 fully saturated rings. The van der Waals surface area contributed by atoms with Crippen LogP contribution in [0, 0.1) is 12.8 Å². The summed E-state index contributed by atoms with van der Waals surface area (Å²) >= 11 is 0. The molecule has 3 unspecified atom stereocenters. The molecule has 1 aromatic carbocycles. The molecule has 0 spiro atoms. The molecular weight excluding hydrogens is 446 g/mol. The minimum atomic E-state index is 0.0830. The Hall–Kier alpha value is -2.21. The van der Waals surface area contributed by atoms with Crippen molar-refractivity contribution in [2.75, 3.05) is 13.1 Å². The molecule has 2 aliphatic rings. The SMILES string of the molecule is CCC(C)c1nnc(C)n1C(CC)CC1CCCN1CC[C@H](NC(=O)C1CCCC1)c1ccccc1. The van der Waals surface area contributed by atoms with Crippen LogP contribution in [-0.4, -0.2) is 44.7 Å². The van der Waals surface area contributed by atoms with Crippen LogP contribution in [0.3, 0.4) is 0 Å². The molecule has 1 saturated heterocycles. The van der Waals surface area contributed by atoms with Gasteiger partial charge in [-0.15, -0.1) is 10.2 Å². The summed E-state index contributed by atoms with van der Waals surface area (Å²) in [5.74, 6) is 3.07. The zero-order chi connectivity index (χ0) is 25.5. The molecule has 1 saturated carbocycles. The molecule has 6 nitrogen and oxygen atoms in total. The molecule has 6 heteroatoms. The number of aromatic nitrogens is 3. The molecule has 1 aromatic heterocycles. The second kappa shape index (κ2) is 12.8. The fourth-order valence-electron chi connectivity index (χ4n) is 6.36. The molecule has 0 bridgehead atoms. The monoisotopic (exact) mass is 493 g/mol. The molecule has 1 aliphatic carbocycles. The number of aryl methyl sites for hydroxylation is 1. The Morgan fingerprint density at radius 3 is 2.50 bits per heavy atom. The fraction of sp³-hybridized carbons (Fsp3) is 0.700. The van der Waals surface area contributed by atoms with E-state index in [2.05, 4.69) is 83.0 Å². The van der Waals surface area contributed by atoms with Crippen molar-refractivity contribution in [3.05, 3.63) is 47.5 Å². The maximum absolute atomic E-state index is 13.0. The van der Waals surface area contributed by atoms with Gasteiger partial charge in [-0.05, 0) is 70.4 Å². The molecule has 2 aromatic rings. The van der Waals surface area contributed by atoms with Gasteiger partial charge in [-0.2, -0.15) is 0 Å². The predicted octanol–water partition coefficient (Wildman–Crippen LogP) is 6.34. The van der Waals surface area contributed by atoms with E-state index in [-0.39, 0.29) is 17.9 Å². The van der Waals surface area contributed by atoms with Crippen LogP contribution in [0.15, 0.2) is 30.3 Å². The van der Waals surface area contributed by atoms with Gasteiger partial charge in [-0.3, -0.25) is 4.79 Å². The van der Waals surface area contributed by atoms with Crippen molar-refractivity contribution in [2.24, 2.45) is 5.92 Å². The summed E-state index contributed by atoms with van der Waals surface area (Å²) < 4.78 is 2.43. The Morgan fingerprint density at radius 2 is 1.81 bits per heavy atom. The third-order valence-electron chi connectivity index (χ3n) is 8.77. The number of amides is 1. The largest absolute Gasteiger partial charge is 0.349 e. The Kier molecular flexibility index (Phi) is 9.58. The van der Waals surface area contributed by atoms with E-state index in [0.717, 1.165) is 63.3 Å². The average molecular weight is 494 g/mol. The number of hydrogen-bond donors (Lipinski definition) is 1. The number of nitrogens with zero attached hydrogens (tertiary/aromatic N) is 4. The van der Waals surface area contributed by atoms with Crippen molar-refractivity contribution in [3.63, 3.8) is 0 Å². The van der Waals surface area contributed by atoms with Crippen molar-refractivity contribution in [1.29, 1.82) is 0 Å². The van der Waals surface area contributed by atoms with E-state index in [1.54, 1.807) is 0 Å². The molecule has 36 heavy (non-hydrogen) atoms. The van der Waals surface area contributed by atoms with E-state index in [4.69, 9.17) is 0 Å². The van der Waals surface area contributed by atoms with Gasteiger partial charge >= 0.3 is 0 Å². The Morgan fingerprint density at radius 1 is 1.06 bits per heavy atom. The molecule has 1 N–H and O–H groups in total. The number of nitrogens with one attached hydrogen (secondary N) is 1. The van der Waals surface area contributed by atoms with Crippen molar-refractivity contribution in [3.8, 4) is 0 Å². The quantitative estimate of drug-likeness (QED) is 0.374. The van der Waals surface area contributed by atoms with Crippen molar-refractivity contribution in [1.82, 2.24) is 25.0 Å². The lowest BCUT2D eigenvalue weighted by atomic mass is 9.99. The third kappa shape index (κ3) is 6.37. The molecule has 1 aliphatic heterocycles. The number of carbonyl (C=O) groups excluding carboxylic acids is 1. The van der Waals surface area contributed by atoms with E-state index in [9.17, 15) is 4.79 Å². The summed E-state index contributed by atoms with van der Waals surface area (Å²) in [6, 6.07) is 11.7. The van der Waals surface area contributed by atoms with Gasteiger partial charge in [0.25, 0.3) is 0 Å². The van der Waals surface area contributed by atoms with E-state index in [1.165, 1.54) is 31.2 Å². The van der Waals surface area contributed by atoms with Crippen molar-refractivity contribution in [2.45, 2.75) is 116 Å². The van der Waals surface area contributed by atoms with Crippen molar-refractivity contribution >= 4 is 5.91 Å². The first kappa shape index (κ1) is 26.8. The lowest BCUT2D eigenvalue weighted by Gasteiger charge is -2.31. The van der Waals surface area contributed by atoms with Crippen LogP contribution in [0.1, 0.15) is 120 Å². The summed E-state index contributed by atoms with van der Waals surface area (Å²) in [6.07, 6.45) is 11.2. The minimum absolute atomic E-state index is 0.0830. The second-order valence-electron chi connectivity index (χ2n) is 11.2. The topological polar surface area (TPSA) is 63.1 Å². The van der Waals surface area contributed by atoms with Crippen LogP contribution in [-0.2, 0) is 4.79 Å². The van der Waals surface area contributed by atoms with Crippen LogP contribution < -0.4 is 5.32 Å². The summed E-state index contributed by atoms with van der Waals surface area (Å²) in [5.41, 5.74) is 1.23. The zero-order valence-corrected chi connectivity index (χ0v) is 23.0. The third-order valence-corrected chi connectivity index (χ3v) is 8.77. The van der Waals surface area contributed by atoms with Gasteiger partial charge in [-0.1, -0.05) is 63.9 Å². The summed E-state index contributed by atoms with van der Waals surface area (Å²) in [4.78, 5) is 15.7. The van der Waals surface area contributed by atoms with Crippen LogP contribution in [0.2, 0.25) is 0 Å². The zero-order valence-electron chi connectivity index (χ0n) is 23.0. The van der Waals surface area contributed by atoms with Crippen LogP contribution >= 0.6 is 0 Å². The van der Waals surface area contributed by atoms with Crippen LogP contribution in [0.25, 0.3) is 0 Å². The lowest BCUT2D eigenvalue weighted by molar-refractivity contribution is -0.125. The number of rotatable bonds is 12. The van der Waals surface area contributed by atoms with Gasteiger partial charge in [0.1, 0.15) is 11.6 Å². The Bertz CT molecular complexity index is 952. The highest BCUT2D eigenvalue weighted by Gasteiger charge is 2.31. The molecule has 2 heterocycles. The first-order chi connectivity index (χ1) is 17.5. The first-order valence-electron chi connectivity index (χ1n) is 14.5. The number of likely N-dealkylation sites (tertiary alicyclic amines) is 1. The van der Waals surface area contributed by atoms with Crippen molar-refractivity contribution < 1.29 is 4.79 Å². The summed E-state index contributed by atoms with van der Waals surface area (Å²) in [6.45, 7) is 11.1. The van der Waals surface area contributed by atoms with E-state index in [0.29, 0.717) is 18.0 Å². The number of benzene rings is 1. The van der Waals surface area contributed by atoms with Gasteiger partial charge < -0.3 is 14.8 Å². The highest BCUT2D eigenvalue weighted by atomic mass is 16.1. The summed E-state index contributed by atoms with van der Waals surface area (Å²) in [5, 5.41) is 12.5. The van der Waals surface area contributed by atoms with Crippen LogP contribution in [0.4, 0.5) is 0 Å². The highest BCUT2D eigenvalue weighted by Crippen LogP contribution is 2.32. The minimum Gasteiger partial charge on any atom is -0.349 e. The van der Waals surface area contributed by atoms with Gasteiger partial charge in [0, 0.05) is 30.5 Å². The van der Waals surface area contributed by atoms with E-state index in [1.807, 2.05) is 0 Å². The van der Waals surface area contributed by atoms with Gasteiger partial charge in [0.15, 0.2) is 0 Å². The second-order valence-corrected chi connectivity index (χ2v) is 11.2. The molecule has 1 amide bonds. The number of carbonyl (C=O) groups is 1. The average Bonchev–Trinajstić information content (AvgIpc) is 3.67. The molecule has 0 radical (unpaired) electrons. The number of hydrogen-bond acceptors (Lipinski definition) is 4. The van der Waals surface area contributed by atoms with Gasteiger partial charge in [-0.25, -0.2) is 0 Å². The predicted molar refractivity (Wildman–Crippen MR) is 146 cm³/mol. The normalized spacial score (nSPS) is 21.5. The molecule has 4 atom stereocenters. The Labute approximate surface area is 218 Å². The molecule has 198 valence electrons. The fourth-order valence-corrected chi connectivity index (χ4v) is 6.36. The Balaban J connectivity index is 1.42. The van der Waals surface area contributed by atoms with Crippen LogP contribution in [0.5, 0.6) is 0 Å². The lowest BCUT2D eigenvalue weighted by Crippen LogP contribution is -2.37. The smallest absolute Gasteiger partial charge is 0.223 e. The van der Waals surface area contributed by atoms with Gasteiger partial charge in [0.2, 0.25) is 5.91 Å². The first-order valence-corrected chi connectivity index (χ1v) is 14.5. The summed E-state index contributed by atoms with van der Waals surface area (Å²) in [7, 11) is 0. The molecular formula is C30H47N5O.